The summed E-state index contributed by atoms with van der Waals surface area (Å²) in [6, 6.07) is 3.42. The highest BCUT2D eigenvalue weighted by Crippen LogP contribution is 2.33. The van der Waals surface area contributed by atoms with E-state index in [1.54, 1.807) is 12.5 Å². The summed E-state index contributed by atoms with van der Waals surface area (Å²) in [5, 5.41) is 0. The summed E-state index contributed by atoms with van der Waals surface area (Å²) in [5.74, 6) is -3.38. The molecule has 121 valence electrons. The van der Waals surface area contributed by atoms with Crippen LogP contribution in [0.25, 0.3) is 0 Å². The first-order valence-electron chi connectivity index (χ1n) is 6.17. The van der Waals surface area contributed by atoms with Crippen molar-refractivity contribution < 1.29 is 26.9 Å². The van der Waals surface area contributed by atoms with Crippen LogP contribution < -0.4 is 9.31 Å². The van der Waals surface area contributed by atoms with Gasteiger partial charge in [-0.3, -0.25) is 0 Å². The second kappa shape index (κ2) is 7.87. The Balaban J connectivity index is 2.15. The van der Waals surface area contributed by atoms with Crippen molar-refractivity contribution in [1.82, 2.24) is 0 Å². The van der Waals surface area contributed by atoms with E-state index in [0.717, 1.165) is 55.5 Å². The molecule has 0 bridgehead atoms. The van der Waals surface area contributed by atoms with Gasteiger partial charge < -0.3 is 9.31 Å². The molecule has 0 spiro atoms. The van der Waals surface area contributed by atoms with E-state index in [2.05, 4.69) is 0 Å². The Morgan fingerprint density at radius 2 is 1.13 bits per heavy atom. The number of thioether (sulfide) groups is 2. The second-order valence-corrected chi connectivity index (χ2v) is 5.80. The Bertz CT molecular complexity index is 656. The first-order chi connectivity index (χ1) is 11.0. The van der Waals surface area contributed by atoms with Crippen molar-refractivity contribution in [2.45, 2.75) is 9.79 Å². The van der Waals surface area contributed by atoms with Crippen LogP contribution >= 0.6 is 23.5 Å². The molecule has 2 aromatic carbocycles. The fourth-order valence-corrected chi connectivity index (χ4v) is 2.90. The van der Waals surface area contributed by atoms with Gasteiger partial charge in [0.05, 0.1) is 9.79 Å². The van der Waals surface area contributed by atoms with E-state index in [1.165, 1.54) is 0 Å². The number of rotatable bonds is 6. The Kier molecular flexibility index (Phi) is 6.12. The first kappa shape index (κ1) is 17.9. The Morgan fingerprint density at radius 3 is 1.48 bits per heavy atom. The molecule has 9 heteroatoms. The van der Waals surface area contributed by atoms with Crippen molar-refractivity contribution in [3.05, 3.63) is 47.5 Å². The van der Waals surface area contributed by atoms with E-state index < -0.39 is 23.3 Å². The largest absolute Gasteiger partial charge is 0.658 e. The number of hydrogen-bond donors (Lipinski definition) is 0. The van der Waals surface area contributed by atoms with Gasteiger partial charge in [0.2, 0.25) is 0 Å². The molecule has 23 heavy (non-hydrogen) atoms. The maximum atomic E-state index is 13.6. The summed E-state index contributed by atoms with van der Waals surface area (Å²) in [4.78, 5) is 0.170. The molecule has 0 aliphatic carbocycles. The van der Waals surface area contributed by atoms with Crippen LogP contribution in [-0.4, -0.2) is 20.2 Å². The predicted molar refractivity (Wildman–Crippen MR) is 83.3 cm³/mol. The SMILES string of the molecule is CSc1c(F)cc(F)cc1O[B]Oc1cc(F)cc(F)c1SC. The minimum atomic E-state index is -0.815. The van der Waals surface area contributed by atoms with Crippen LogP contribution in [0.4, 0.5) is 17.6 Å². The van der Waals surface area contributed by atoms with Crippen molar-refractivity contribution >= 4 is 31.2 Å². The average Bonchev–Trinajstić information content (AvgIpc) is 2.46. The number of halogens is 4. The summed E-state index contributed by atoms with van der Waals surface area (Å²) >= 11 is 2.05. The van der Waals surface area contributed by atoms with Gasteiger partial charge in [0.15, 0.2) is 0 Å². The molecule has 0 unspecified atom stereocenters. The molecule has 0 aliphatic rings. The zero-order valence-corrected chi connectivity index (χ0v) is 13.7. The highest BCUT2D eigenvalue weighted by atomic mass is 32.2. The summed E-state index contributed by atoms with van der Waals surface area (Å²) in [6.07, 6.45) is 3.19. The maximum absolute atomic E-state index is 13.6. The normalized spacial score (nSPS) is 10.5. The summed E-state index contributed by atoms with van der Waals surface area (Å²) < 4.78 is 63.8. The van der Waals surface area contributed by atoms with E-state index in [4.69, 9.17) is 9.31 Å². The highest BCUT2D eigenvalue weighted by Gasteiger charge is 2.16. The maximum Gasteiger partial charge on any atom is 0.658 e. The van der Waals surface area contributed by atoms with E-state index in [-0.39, 0.29) is 21.3 Å². The molecule has 2 aromatic rings. The molecule has 1 radical (unpaired) electrons. The quantitative estimate of drug-likeness (QED) is 0.422. The summed E-state index contributed by atoms with van der Waals surface area (Å²) in [7, 11) is 0.766. The smallest absolute Gasteiger partial charge is 0.525 e. The van der Waals surface area contributed by atoms with E-state index in [1.807, 2.05) is 0 Å². The molecular weight excluding hydrogens is 351 g/mol. The van der Waals surface area contributed by atoms with Crippen LogP contribution in [0.1, 0.15) is 0 Å². The standard InChI is InChI=1S/C14H10BF4O2S2/c1-22-13-9(18)3-7(16)5-11(13)20-15-21-12-6-8(17)4-10(19)14(12)23-2/h3-6H,1-2H3. The van der Waals surface area contributed by atoms with Gasteiger partial charge in [0, 0.05) is 24.3 Å². The van der Waals surface area contributed by atoms with Crippen LogP contribution in [0.3, 0.4) is 0 Å². The lowest BCUT2D eigenvalue weighted by atomic mass is 10.2. The molecule has 0 saturated carbocycles. The molecule has 2 nitrogen and oxygen atoms in total. The van der Waals surface area contributed by atoms with Gasteiger partial charge in [-0.25, -0.2) is 17.6 Å². The van der Waals surface area contributed by atoms with E-state index >= 15 is 0 Å². The monoisotopic (exact) mass is 361 g/mol. The van der Waals surface area contributed by atoms with Crippen molar-refractivity contribution in [2.24, 2.45) is 0 Å². The molecule has 0 amide bonds. The summed E-state index contributed by atoms with van der Waals surface area (Å²) in [5.41, 5.74) is 0. The number of hydrogen-bond acceptors (Lipinski definition) is 4. The van der Waals surface area contributed by atoms with Gasteiger partial charge >= 0.3 is 7.69 Å². The van der Waals surface area contributed by atoms with Gasteiger partial charge in [-0.05, 0) is 12.5 Å². The highest BCUT2D eigenvalue weighted by molar-refractivity contribution is 7.99. The third-order valence-electron chi connectivity index (χ3n) is 2.71. The van der Waals surface area contributed by atoms with Crippen molar-refractivity contribution in [1.29, 1.82) is 0 Å². The van der Waals surface area contributed by atoms with Crippen LogP contribution in [0, 0.1) is 23.3 Å². The molecule has 0 aliphatic heterocycles. The number of benzene rings is 2. The van der Waals surface area contributed by atoms with Gasteiger partial charge in [0.1, 0.15) is 34.8 Å². The lowest BCUT2D eigenvalue weighted by Crippen LogP contribution is -2.13. The Hall–Kier alpha value is -1.48. The first-order valence-corrected chi connectivity index (χ1v) is 8.62. The lowest BCUT2D eigenvalue weighted by Gasteiger charge is -2.13. The molecule has 0 saturated heterocycles. The molecule has 0 heterocycles. The molecule has 0 fully saturated rings. The summed E-state index contributed by atoms with van der Waals surface area (Å²) in [6.45, 7) is 0. The molecule has 0 aromatic heterocycles. The minimum Gasteiger partial charge on any atom is -0.525 e. The fourth-order valence-electron chi connectivity index (χ4n) is 1.77. The minimum absolute atomic E-state index is 0.0850. The van der Waals surface area contributed by atoms with E-state index in [9.17, 15) is 17.6 Å². The Labute approximate surface area is 139 Å². The molecular formula is C14H10BF4O2S2. The second-order valence-electron chi connectivity index (χ2n) is 4.17. The van der Waals surface area contributed by atoms with Crippen molar-refractivity contribution in [2.75, 3.05) is 12.5 Å². The van der Waals surface area contributed by atoms with Crippen LogP contribution in [0.5, 0.6) is 11.5 Å². The Morgan fingerprint density at radius 1 is 0.739 bits per heavy atom. The van der Waals surface area contributed by atoms with Gasteiger partial charge in [-0.15, -0.1) is 23.5 Å². The van der Waals surface area contributed by atoms with Gasteiger partial charge in [-0.1, -0.05) is 0 Å². The third kappa shape index (κ3) is 4.29. The molecule has 0 atom stereocenters. The van der Waals surface area contributed by atoms with Crippen molar-refractivity contribution in [3.63, 3.8) is 0 Å². The van der Waals surface area contributed by atoms with Crippen LogP contribution in [-0.2, 0) is 0 Å². The topological polar surface area (TPSA) is 18.5 Å². The van der Waals surface area contributed by atoms with Crippen molar-refractivity contribution in [3.8, 4) is 11.5 Å². The van der Waals surface area contributed by atoms with Crippen LogP contribution in [0.2, 0.25) is 0 Å². The third-order valence-corrected chi connectivity index (χ3v) is 4.32. The lowest BCUT2D eigenvalue weighted by molar-refractivity contribution is 0.429. The fraction of sp³-hybridized carbons (Fsp3) is 0.143. The van der Waals surface area contributed by atoms with Crippen LogP contribution in [0.15, 0.2) is 34.1 Å². The van der Waals surface area contributed by atoms with Gasteiger partial charge in [0.25, 0.3) is 0 Å². The van der Waals surface area contributed by atoms with E-state index in [0.29, 0.717) is 0 Å². The molecule has 2 rings (SSSR count). The molecule has 0 N–H and O–H groups in total. The van der Waals surface area contributed by atoms with Gasteiger partial charge in [-0.2, -0.15) is 0 Å². The average molecular weight is 361 g/mol. The zero-order chi connectivity index (χ0) is 17.0. The predicted octanol–water partition coefficient (Wildman–Crippen LogP) is 4.68. The zero-order valence-electron chi connectivity index (χ0n) is 12.0.